The average Bonchev–Trinajstić information content (AvgIpc) is 2.51. The van der Waals surface area contributed by atoms with Gasteiger partial charge in [-0.05, 0) is 31.0 Å². The number of benzene rings is 1. The molecule has 1 aromatic heterocycles. The summed E-state index contributed by atoms with van der Waals surface area (Å²) in [5, 5.41) is 9.73. The molecule has 0 bridgehead atoms. The van der Waals surface area contributed by atoms with Gasteiger partial charge in [0.1, 0.15) is 17.1 Å². The number of carbonyl (C=O) groups is 2. The van der Waals surface area contributed by atoms with Crippen LogP contribution in [0.4, 0.5) is 0 Å². The van der Waals surface area contributed by atoms with Gasteiger partial charge >= 0.3 is 11.6 Å². The number of hydrogen-bond donors (Lipinski definition) is 1. The zero-order valence-electron chi connectivity index (χ0n) is 12.8. The van der Waals surface area contributed by atoms with E-state index in [1.807, 2.05) is 0 Å². The first-order valence-corrected chi connectivity index (χ1v) is 6.96. The number of Topliss-reactive ketones (excluding diaryl/α,β-unsaturated/α-hetero) is 1. The van der Waals surface area contributed by atoms with Crippen LogP contribution in [0.15, 0.2) is 39.5 Å². The summed E-state index contributed by atoms with van der Waals surface area (Å²) in [6, 6.07) is 7.85. The van der Waals surface area contributed by atoms with Crippen molar-refractivity contribution in [3.05, 3.63) is 63.2 Å². The van der Waals surface area contributed by atoms with Gasteiger partial charge in [0.15, 0.2) is 5.78 Å². The Morgan fingerprint density at radius 1 is 1.22 bits per heavy atom. The first-order chi connectivity index (χ1) is 10.9. The number of esters is 1. The first kappa shape index (κ1) is 16.5. The molecule has 0 unspecified atom stereocenters. The molecule has 0 atom stereocenters. The van der Waals surface area contributed by atoms with E-state index in [0.717, 1.165) is 5.56 Å². The molecule has 0 aliphatic carbocycles. The van der Waals surface area contributed by atoms with E-state index in [9.17, 15) is 19.5 Å². The highest BCUT2D eigenvalue weighted by Gasteiger charge is 2.18. The first-order valence-electron chi connectivity index (χ1n) is 6.96. The van der Waals surface area contributed by atoms with Crippen LogP contribution in [-0.2, 0) is 11.2 Å². The number of rotatable bonds is 5. The third kappa shape index (κ3) is 3.85. The van der Waals surface area contributed by atoms with Gasteiger partial charge in [0.2, 0.25) is 0 Å². The van der Waals surface area contributed by atoms with E-state index >= 15 is 0 Å². The highest BCUT2D eigenvalue weighted by atomic mass is 16.5. The third-order valence-corrected chi connectivity index (χ3v) is 3.35. The molecule has 0 radical (unpaired) electrons. The molecule has 2 aromatic rings. The van der Waals surface area contributed by atoms with Gasteiger partial charge in [-0.1, -0.05) is 12.1 Å². The molecule has 1 N–H and O–H groups in total. The van der Waals surface area contributed by atoms with Crippen molar-refractivity contribution in [1.29, 1.82) is 0 Å². The van der Waals surface area contributed by atoms with Gasteiger partial charge in [0.05, 0.1) is 12.7 Å². The molecular weight excluding hydrogens is 300 g/mol. The van der Waals surface area contributed by atoms with Crippen LogP contribution < -0.4 is 5.63 Å². The average molecular weight is 316 g/mol. The number of hydrogen-bond acceptors (Lipinski definition) is 6. The van der Waals surface area contributed by atoms with Crippen molar-refractivity contribution in [2.24, 2.45) is 0 Å². The quantitative estimate of drug-likeness (QED) is 0.671. The van der Waals surface area contributed by atoms with E-state index in [4.69, 9.17) is 4.42 Å². The van der Waals surface area contributed by atoms with E-state index < -0.39 is 17.4 Å². The molecule has 23 heavy (non-hydrogen) atoms. The summed E-state index contributed by atoms with van der Waals surface area (Å²) in [5.74, 6) is -1.06. The molecule has 0 amide bonds. The van der Waals surface area contributed by atoms with Gasteiger partial charge in [-0.25, -0.2) is 9.59 Å². The van der Waals surface area contributed by atoms with Gasteiger partial charge in [-0.2, -0.15) is 0 Å². The molecule has 0 saturated carbocycles. The van der Waals surface area contributed by atoms with Crippen molar-refractivity contribution in [1.82, 2.24) is 0 Å². The molecule has 0 aliphatic rings. The maximum absolute atomic E-state index is 12.1. The fourth-order valence-corrected chi connectivity index (χ4v) is 2.16. The number of ether oxygens (including phenoxy) is 1. The molecule has 0 aliphatic heterocycles. The summed E-state index contributed by atoms with van der Waals surface area (Å²) >= 11 is 0. The Morgan fingerprint density at radius 3 is 2.43 bits per heavy atom. The number of ketones is 1. The van der Waals surface area contributed by atoms with E-state index in [-0.39, 0.29) is 23.5 Å². The van der Waals surface area contributed by atoms with E-state index in [2.05, 4.69) is 4.74 Å². The predicted octanol–water partition coefficient (Wildman–Crippen LogP) is 2.26. The monoisotopic (exact) mass is 316 g/mol. The second kappa shape index (κ2) is 6.91. The molecule has 6 heteroatoms. The van der Waals surface area contributed by atoms with Crippen molar-refractivity contribution in [2.45, 2.75) is 19.8 Å². The molecule has 0 fully saturated rings. The lowest BCUT2D eigenvalue weighted by molar-refractivity contribution is 0.0600. The van der Waals surface area contributed by atoms with Crippen LogP contribution in [0.25, 0.3) is 0 Å². The van der Waals surface area contributed by atoms with Crippen LogP contribution in [0, 0.1) is 6.92 Å². The van der Waals surface area contributed by atoms with Gasteiger partial charge in [-0.3, -0.25) is 4.79 Å². The molecule has 0 saturated heterocycles. The van der Waals surface area contributed by atoms with Crippen LogP contribution in [0.2, 0.25) is 0 Å². The van der Waals surface area contributed by atoms with Crippen molar-refractivity contribution < 1.29 is 23.8 Å². The Hall–Kier alpha value is -2.89. The molecule has 0 spiro atoms. The molecule has 6 nitrogen and oxygen atoms in total. The van der Waals surface area contributed by atoms with Gasteiger partial charge in [0.25, 0.3) is 0 Å². The summed E-state index contributed by atoms with van der Waals surface area (Å²) in [6.07, 6.45) is 0.409. The summed E-state index contributed by atoms with van der Waals surface area (Å²) < 4.78 is 9.43. The fourth-order valence-electron chi connectivity index (χ4n) is 2.16. The van der Waals surface area contributed by atoms with E-state index in [1.54, 1.807) is 24.3 Å². The lowest BCUT2D eigenvalue weighted by Crippen LogP contribution is -2.15. The maximum Gasteiger partial charge on any atom is 0.350 e. The van der Waals surface area contributed by atoms with Crippen LogP contribution >= 0.6 is 0 Å². The minimum atomic E-state index is -0.839. The van der Waals surface area contributed by atoms with Crippen molar-refractivity contribution in [3.8, 4) is 5.75 Å². The SMILES string of the molecule is COC(=O)c1ccc(CCC(=O)c2c(O)cc(C)oc2=O)cc1. The predicted molar refractivity (Wildman–Crippen MR) is 81.8 cm³/mol. The largest absolute Gasteiger partial charge is 0.507 e. The molecule has 120 valence electrons. The fraction of sp³-hybridized carbons (Fsp3) is 0.235. The van der Waals surface area contributed by atoms with Crippen LogP contribution in [0.3, 0.4) is 0 Å². The zero-order chi connectivity index (χ0) is 17.0. The third-order valence-electron chi connectivity index (χ3n) is 3.35. The van der Waals surface area contributed by atoms with Gasteiger partial charge < -0.3 is 14.3 Å². The van der Waals surface area contributed by atoms with Crippen molar-refractivity contribution >= 4 is 11.8 Å². The Morgan fingerprint density at radius 2 is 1.87 bits per heavy atom. The molecule has 1 aromatic carbocycles. The van der Waals surface area contributed by atoms with Crippen molar-refractivity contribution in [2.75, 3.05) is 7.11 Å². The maximum atomic E-state index is 12.1. The Balaban J connectivity index is 2.08. The number of aryl methyl sites for hydroxylation is 2. The van der Waals surface area contributed by atoms with E-state index in [1.165, 1.54) is 20.1 Å². The van der Waals surface area contributed by atoms with E-state index in [0.29, 0.717) is 12.0 Å². The lowest BCUT2D eigenvalue weighted by atomic mass is 10.0. The minimum absolute atomic E-state index is 0.0406. The lowest BCUT2D eigenvalue weighted by Gasteiger charge is -2.04. The minimum Gasteiger partial charge on any atom is -0.507 e. The topological polar surface area (TPSA) is 93.8 Å². The zero-order valence-corrected chi connectivity index (χ0v) is 12.8. The summed E-state index contributed by atoms with van der Waals surface area (Å²) in [5.41, 5.74) is 0.0664. The van der Waals surface area contributed by atoms with Gasteiger partial charge in [0, 0.05) is 12.5 Å². The summed E-state index contributed by atoms with van der Waals surface area (Å²) in [7, 11) is 1.30. The molecule has 1 heterocycles. The van der Waals surface area contributed by atoms with Crippen LogP contribution in [-0.4, -0.2) is 24.0 Å². The number of aromatic hydroxyl groups is 1. The smallest absolute Gasteiger partial charge is 0.350 e. The van der Waals surface area contributed by atoms with Crippen LogP contribution in [0.5, 0.6) is 5.75 Å². The van der Waals surface area contributed by atoms with Crippen LogP contribution in [0.1, 0.15) is 38.5 Å². The molecule has 2 rings (SSSR count). The second-order valence-corrected chi connectivity index (χ2v) is 5.02. The van der Waals surface area contributed by atoms with Crippen molar-refractivity contribution in [3.63, 3.8) is 0 Å². The summed E-state index contributed by atoms with van der Waals surface area (Å²) in [6.45, 7) is 1.51. The highest BCUT2D eigenvalue weighted by molar-refractivity contribution is 5.98. The highest BCUT2D eigenvalue weighted by Crippen LogP contribution is 2.17. The normalized spacial score (nSPS) is 10.3. The Bertz CT molecular complexity index is 786. The Labute approximate surface area is 132 Å². The number of carbonyl (C=O) groups excluding carboxylic acids is 2. The Kier molecular flexibility index (Phi) is 4.95. The number of methoxy groups -OCH3 is 1. The second-order valence-electron chi connectivity index (χ2n) is 5.02. The summed E-state index contributed by atoms with van der Waals surface area (Å²) in [4.78, 5) is 35.1. The standard InChI is InChI=1S/C17H16O6/c1-10-9-14(19)15(17(21)23-10)13(18)8-5-11-3-6-12(7-4-11)16(20)22-2/h3-4,6-7,9,19H,5,8H2,1-2H3. The molecular formula is C17H16O6. The van der Waals surface area contributed by atoms with Gasteiger partial charge in [-0.15, -0.1) is 0 Å².